The number of aromatic nitrogens is 2. The van der Waals surface area contributed by atoms with E-state index in [-0.39, 0.29) is 6.10 Å². The van der Waals surface area contributed by atoms with Crippen molar-refractivity contribution in [2.75, 3.05) is 18.1 Å². The van der Waals surface area contributed by atoms with Gasteiger partial charge in [-0.2, -0.15) is 11.8 Å². The minimum atomic E-state index is 0.0677. The zero-order valence-electron chi connectivity index (χ0n) is 9.76. The highest BCUT2D eigenvalue weighted by Crippen LogP contribution is 2.40. The Bertz CT molecular complexity index is 403. The number of rotatable bonds is 3. The first-order valence-electron chi connectivity index (χ1n) is 6.13. The van der Waals surface area contributed by atoms with Crippen LogP contribution in [0.1, 0.15) is 41.9 Å². The van der Waals surface area contributed by atoms with Crippen LogP contribution in [-0.4, -0.2) is 28.1 Å². The maximum atomic E-state index is 5.73. The molecular weight excluding hydrogens is 234 g/mol. The summed E-state index contributed by atoms with van der Waals surface area (Å²) in [6.07, 6.45) is 4.43. The third kappa shape index (κ3) is 2.46. The van der Waals surface area contributed by atoms with Crippen LogP contribution in [0.3, 0.4) is 0 Å². The largest absolute Gasteiger partial charge is 0.368 e. The van der Waals surface area contributed by atoms with E-state index in [1.54, 1.807) is 0 Å². The van der Waals surface area contributed by atoms with Gasteiger partial charge in [-0.05, 0) is 12.8 Å². The van der Waals surface area contributed by atoms with Gasteiger partial charge in [-0.3, -0.25) is 0 Å². The number of ether oxygens (including phenoxy) is 1. The third-order valence-electron chi connectivity index (χ3n) is 3.20. The second kappa shape index (κ2) is 4.92. The van der Waals surface area contributed by atoms with Crippen LogP contribution in [0.15, 0.2) is 6.20 Å². The van der Waals surface area contributed by atoms with Gasteiger partial charge in [0.25, 0.3) is 0 Å². The molecule has 0 amide bonds. The van der Waals surface area contributed by atoms with Gasteiger partial charge in [-0.1, -0.05) is 0 Å². The van der Waals surface area contributed by atoms with E-state index >= 15 is 0 Å². The molecule has 1 atom stereocenters. The number of hydrogen-bond donors (Lipinski definition) is 1. The van der Waals surface area contributed by atoms with E-state index in [2.05, 4.69) is 4.98 Å². The Morgan fingerprint density at radius 2 is 2.35 bits per heavy atom. The van der Waals surface area contributed by atoms with Crippen molar-refractivity contribution >= 4 is 11.8 Å². The third-order valence-corrected chi connectivity index (χ3v) is 4.20. The molecule has 1 saturated heterocycles. The molecule has 2 heterocycles. The molecule has 1 aromatic heterocycles. The van der Waals surface area contributed by atoms with E-state index < -0.39 is 0 Å². The molecule has 2 aliphatic rings. The maximum absolute atomic E-state index is 5.73. The average molecular weight is 251 g/mol. The van der Waals surface area contributed by atoms with Crippen LogP contribution in [0.5, 0.6) is 0 Å². The summed E-state index contributed by atoms with van der Waals surface area (Å²) in [5.74, 6) is 3.50. The van der Waals surface area contributed by atoms with E-state index in [4.69, 9.17) is 15.5 Å². The minimum Gasteiger partial charge on any atom is -0.368 e. The first kappa shape index (κ1) is 11.4. The summed E-state index contributed by atoms with van der Waals surface area (Å²) in [7, 11) is 0. The molecule has 2 N–H and O–H groups in total. The maximum Gasteiger partial charge on any atom is 0.158 e. The van der Waals surface area contributed by atoms with Crippen molar-refractivity contribution < 1.29 is 4.74 Å². The van der Waals surface area contributed by atoms with Gasteiger partial charge in [0.2, 0.25) is 0 Å². The summed E-state index contributed by atoms with van der Waals surface area (Å²) in [5.41, 5.74) is 7.99. The molecule has 1 aliphatic carbocycles. The van der Waals surface area contributed by atoms with E-state index in [9.17, 15) is 0 Å². The molecule has 1 unspecified atom stereocenters. The Labute approximate surface area is 105 Å². The van der Waals surface area contributed by atoms with E-state index in [1.807, 2.05) is 18.0 Å². The summed E-state index contributed by atoms with van der Waals surface area (Å²) >= 11 is 1.91. The van der Waals surface area contributed by atoms with Crippen LogP contribution in [0.4, 0.5) is 0 Å². The number of hydrogen-bond acceptors (Lipinski definition) is 5. The molecule has 92 valence electrons. The normalized spacial score (nSPS) is 24.9. The highest BCUT2D eigenvalue weighted by molar-refractivity contribution is 7.99. The molecular formula is C12H17N3OS. The quantitative estimate of drug-likeness (QED) is 0.884. The van der Waals surface area contributed by atoms with Crippen molar-refractivity contribution in [2.24, 2.45) is 5.73 Å². The van der Waals surface area contributed by atoms with Crippen molar-refractivity contribution in [3.05, 3.63) is 23.3 Å². The zero-order valence-corrected chi connectivity index (χ0v) is 10.6. The minimum absolute atomic E-state index is 0.0677. The standard InChI is InChI=1S/C12H17N3OS/c13-5-9-6-14-12(10-7-17-4-3-16-10)15-11(9)8-1-2-8/h6,8,10H,1-5,7,13H2. The molecule has 0 aromatic carbocycles. The van der Waals surface area contributed by atoms with Crippen molar-refractivity contribution in [2.45, 2.75) is 31.4 Å². The van der Waals surface area contributed by atoms with Gasteiger partial charge in [-0.25, -0.2) is 9.97 Å². The molecule has 2 fully saturated rings. The smallest absolute Gasteiger partial charge is 0.158 e. The molecule has 4 nitrogen and oxygen atoms in total. The van der Waals surface area contributed by atoms with Crippen LogP contribution in [0.25, 0.3) is 0 Å². The van der Waals surface area contributed by atoms with Gasteiger partial charge < -0.3 is 10.5 Å². The molecule has 5 heteroatoms. The van der Waals surface area contributed by atoms with Gasteiger partial charge >= 0.3 is 0 Å². The summed E-state index contributed by atoms with van der Waals surface area (Å²) in [4.78, 5) is 9.11. The lowest BCUT2D eigenvalue weighted by Gasteiger charge is -2.21. The lowest BCUT2D eigenvalue weighted by Crippen LogP contribution is -2.19. The fourth-order valence-electron chi connectivity index (χ4n) is 2.09. The Morgan fingerprint density at radius 3 is 3.00 bits per heavy atom. The van der Waals surface area contributed by atoms with E-state index in [0.29, 0.717) is 12.5 Å². The monoisotopic (exact) mass is 251 g/mol. The van der Waals surface area contributed by atoms with Gasteiger partial charge in [0.15, 0.2) is 5.82 Å². The number of thioether (sulfide) groups is 1. The van der Waals surface area contributed by atoms with Crippen LogP contribution < -0.4 is 5.73 Å². The Morgan fingerprint density at radius 1 is 1.47 bits per heavy atom. The lowest BCUT2D eigenvalue weighted by molar-refractivity contribution is 0.0692. The Hall–Kier alpha value is -0.650. The highest BCUT2D eigenvalue weighted by Gasteiger charge is 2.29. The first-order chi connectivity index (χ1) is 8.38. The van der Waals surface area contributed by atoms with E-state index in [0.717, 1.165) is 35.2 Å². The Balaban J connectivity index is 1.86. The van der Waals surface area contributed by atoms with Crippen LogP contribution in [0.2, 0.25) is 0 Å². The lowest BCUT2D eigenvalue weighted by atomic mass is 10.1. The predicted molar refractivity (Wildman–Crippen MR) is 67.9 cm³/mol. The van der Waals surface area contributed by atoms with Crippen molar-refractivity contribution in [1.29, 1.82) is 0 Å². The highest BCUT2D eigenvalue weighted by atomic mass is 32.2. The summed E-state index contributed by atoms with van der Waals surface area (Å²) < 4.78 is 5.72. The first-order valence-corrected chi connectivity index (χ1v) is 7.29. The summed E-state index contributed by atoms with van der Waals surface area (Å²) in [6, 6.07) is 0. The van der Waals surface area contributed by atoms with Crippen LogP contribution >= 0.6 is 11.8 Å². The predicted octanol–water partition coefficient (Wildman–Crippen LogP) is 1.62. The van der Waals surface area contributed by atoms with Gasteiger partial charge in [0.1, 0.15) is 6.10 Å². The number of nitrogens with two attached hydrogens (primary N) is 1. The molecule has 17 heavy (non-hydrogen) atoms. The second-order valence-corrected chi connectivity index (χ2v) is 5.70. The SMILES string of the molecule is NCc1cnc(C2CSCCO2)nc1C1CC1. The molecule has 3 rings (SSSR count). The van der Waals surface area contributed by atoms with Gasteiger partial charge in [-0.15, -0.1) is 0 Å². The molecule has 0 radical (unpaired) electrons. The van der Waals surface area contributed by atoms with Gasteiger partial charge in [0.05, 0.1) is 12.3 Å². The topological polar surface area (TPSA) is 61.0 Å². The Kier molecular flexibility index (Phi) is 3.31. The van der Waals surface area contributed by atoms with Crippen LogP contribution in [-0.2, 0) is 11.3 Å². The molecule has 1 saturated carbocycles. The summed E-state index contributed by atoms with van der Waals surface area (Å²) in [5, 5.41) is 0. The zero-order chi connectivity index (χ0) is 11.7. The molecule has 0 bridgehead atoms. The van der Waals surface area contributed by atoms with Crippen LogP contribution in [0, 0.1) is 0 Å². The van der Waals surface area contributed by atoms with Crippen molar-refractivity contribution in [3.63, 3.8) is 0 Å². The van der Waals surface area contributed by atoms with Crippen molar-refractivity contribution in [3.8, 4) is 0 Å². The fourth-order valence-corrected chi connectivity index (χ4v) is 2.93. The van der Waals surface area contributed by atoms with Gasteiger partial charge in [0, 0.05) is 35.7 Å². The average Bonchev–Trinajstić information content (AvgIpc) is 3.23. The van der Waals surface area contributed by atoms with Crippen molar-refractivity contribution in [1.82, 2.24) is 9.97 Å². The molecule has 0 spiro atoms. The molecule has 1 aromatic rings. The fraction of sp³-hybridized carbons (Fsp3) is 0.667. The molecule has 1 aliphatic heterocycles. The number of nitrogens with zero attached hydrogens (tertiary/aromatic N) is 2. The summed E-state index contributed by atoms with van der Waals surface area (Å²) in [6.45, 7) is 1.34. The van der Waals surface area contributed by atoms with E-state index in [1.165, 1.54) is 12.8 Å². The second-order valence-electron chi connectivity index (χ2n) is 4.55.